The van der Waals surface area contributed by atoms with Crippen molar-refractivity contribution in [1.82, 2.24) is 15.0 Å². The molecule has 0 aliphatic heterocycles. The van der Waals surface area contributed by atoms with Crippen LogP contribution in [0.3, 0.4) is 0 Å². The Morgan fingerprint density at radius 3 is 2.83 bits per heavy atom. The maximum atomic E-state index is 5.41. The van der Waals surface area contributed by atoms with Crippen LogP contribution >= 0.6 is 0 Å². The molecule has 0 saturated heterocycles. The number of nitrogens with one attached hydrogen (secondary N) is 1. The van der Waals surface area contributed by atoms with Gasteiger partial charge >= 0.3 is 6.01 Å². The van der Waals surface area contributed by atoms with Crippen LogP contribution in [-0.2, 0) is 6.61 Å². The summed E-state index contributed by atoms with van der Waals surface area (Å²) in [6.07, 6.45) is 1.57. The van der Waals surface area contributed by atoms with E-state index in [4.69, 9.17) is 15.0 Å². The standard InChI is InChI=1S/C10H14N6O2/c1-16(2)9-12-8(15-11)13-10(14-9)18-6-7-4-3-5-17-7/h3-5H,6,11H2,1-2H3,(H,12,13,14,15). The second-order valence-electron chi connectivity index (χ2n) is 3.65. The largest absolute Gasteiger partial charge is 0.466 e. The zero-order valence-electron chi connectivity index (χ0n) is 10.1. The van der Waals surface area contributed by atoms with Crippen LogP contribution in [0.5, 0.6) is 6.01 Å². The van der Waals surface area contributed by atoms with Crippen molar-refractivity contribution in [3.05, 3.63) is 24.2 Å². The van der Waals surface area contributed by atoms with Gasteiger partial charge in [0.25, 0.3) is 0 Å². The molecule has 0 unspecified atom stereocenters. The highest BCUT2D eigenvalue weighted by atomic mass is 16.5. The molecule has 3 N–H and O–H groups in total. The van der Waals surface area contributed by atoms with Gasteiger partial charge in [0.2, 0.25) is 11.9 Å². The van der Waals surface area contributed by atoms with Crippen molar-refractivity contribution < 1.29 is 9.15 Å². The van der Waals surface area contributed by atoms with Crippen LogP contribution in [0.15, 0.2) is 22.8 Å². The fourth-order valence-electron chi connectivity index (χ4n) is 1.21. The zero-order chi connectivity index (χ0) is 13.0. The maximum absolute atomic E-state index is 5.41. The summed E-state index contributed by atoms with van der Waals surface area (Å²) in [7, 11) is 3.62. The lowest BCUT2D eigenvalue weighted by molar-refractivity contribution is 0.250. The predicted molar refractivity (Wildman–Crippen MR) is 65.0 cm³/mol. The van der Waals surface area contributed by atoms with Crippen LogP contribution in [0.25, 0.3) is 0 Å². The molecule has 0 atom stereocenters. The van der Waals surface area contributed by atoms with Crippen LogP contribution in [0, 0.1) is 0 Å². The Hall–Kier alpha value is -2.35. The Morgan fingerprint density at radius 2 is 2.22 bits per heavy atom. The predicted octanol–water partition coefficient (Wildman–Crippen LogP) is 0.395. The monoisotopic (exact) mass is 250 g/mol. The van der Waals surface area contributed by atoms with E-state index in [9.17, 15) is 0 Å². The van der Waals surface area contributed by atoms with Crippen molar-refractivity contribution in [1.29, 1.82) is 0 Å². The minimum Gasteiger partial charge on any atom is -0.466 e. The molecule has 0 bridgehead atoms. The molecule has 0 amide bonds. The van der Waals surface area contributed by atoms with Crippen molar-refractivity contribution in [2.24, 2.45) is 5.84 Å². The first kappa shape index (κ1) is 12.1. The Kier molecular flexibility index (Phi) is 3.58. The third-order valence-electron chi connectivity index (χ3n) is 2.06. The Morgan fingerprint density at radius 1 is 1.39 bits per heavy atom. The van der Waals surface area contributed by atoms with Crippen LogP contribution in [-0.4, -0.2) is 29.0 Å². The summed E-state index contributed by atoms with van der Waals surface area (Å²) in [6, 6.07) is 3.76. The normalized spacial score (nSPS) is 10.2. The van der Waals surface area contributed by atoms with Gasteiger partial charge in [0.05, 0.1) is 6.26 Å². The van der Waals surface area contributed by atoms with Gasteiger partial charge in [-0.25, -0.2) is 5.84 Å². The van der Waals surface area contributed by atoms with E-state index in [1.807, 2.05) is 14.1 Å². The fourth-order valence-corrected chi connectivity index (χ4v) is 1.21. The van der Waals surface area contributed by atoms with E-state index in [1.54, 1.807) is 23.3 Å². The van der Waals surface area contributed by atoms with Crippen LogP contribution in [0.1, 0.15) is 5.76 Å². The van der Waals surface area contributed by atoms with Crippen molar-refractivity contribution >= 4 is 11.9 Å². The second kappa shape index (κ2) is 5.32. The van der Waals surface area contributed by atoms with Gasteiger partial charge in [0, 0.05) is 14.1 Å². The van der Waals surface area contributed by atoms with Gasteiger partial charge in [0.15, 0.2) is 0 Å². The number of ether oxygens (including phenoxy) is 1. The third-order valence-corrected chi connectivity index (χ3v) is 2.06. The second-order valence-corrected chi connectivity index (χ2v) is 3.65. The lowest BCUT2D eigenvalue weighted by atomic mass is 10.5. The molecule has 96 valence electrons. The minimum absolute atomic E-state index is 0.179. The van der Waals surface area contributed by atoms with Gasteiger partial charge in [-0.3, -0.25) is 5.43 Å². The number of hydrogen-bond acceptors (Lipinski definition) is 8. The number of anilines is 2. The molecule has 0 aliphatic rings. The number of nitrogens with zero attached hydrogens (tertiary/aromatic N) is 4. The molecule has 0 spiro atoms. The molecule has 2 aromatic rings. The molecular weight excluding hydrogens is 236 g/mol. The first-order valence-electron chi connectivity index (χ1n) is 5.24. The fraction of sp³-hybridized carbons (Fsp3) is 0.300. The molecule has 2 rings (SSSR count). The van der Waals surface area contributed by atoms with E-state index in [2.05, 4.69) is 20.4 Å². The van der Waals surface area contributed by atoms with Crippen molar-refractivity contribution in [2.45, 2.75) is 6.61 Å². The summed E-state index contributed by atoms with van der Waals surface area (Å²) in [6.45, 7) is 0.244. The molecule has 2 heterocycles. The highest BCUT2D eigenvalue weighted by Crippen LogP contribution is 2.13. The molecule has 0 aromatic carbocycles. The average molecular weight is 250 g/mol. The molecule has 2 aromatic heterocycles. The Balaban J connectivity index is 2.13. The number of rotatable bonds is 5. The molecular formula is C10H14N6O2. The topological polar surface area (TPSA) is 102 Å². The first-order valence-corrected chi connectivity index (χ1v) is 5.24. The number of furan rings is 1. The van der Waals surface area contributed by atoms with E-state index in [0.29, 0.717) is 11.7 Å². The van der Waals surface area contributed by atoms with E-state index >= 15 is 0 Å². The maximum Gasteiger partial charge on any atom is 0.323 e. The van der Waals surface area contributed by atoms with Gasteiger partial charge < -0.3 is 14.1 Å². The van der Waals surface area contributed by atoms with E-state index in [0.717, 1.165) is 0 Å². The highest BCUT2D eigenvalue weighted by molar-refractivity contribution is 5.36. The van der Waals surface area contributed by atoms with Gasteiger partial charge in [-0.05, 0) is 12.1 Å². The summed E-state index contributed by atoms with van der Waals surface area (Å²) < 4.78 is 10.5. The average Bonchev–Trinajstić information content (AvgIpc) is 2.89. The molecule has 8 heteroatoms. The van der Waals surface area contributed by atoms with Crippen molar-refractivity contribution in [2.75, 3.05) is 24.4 Å². The first-order chi connectivity index (χ1) is 8.69. The zero-order valence-corrected chi connectivity index (χ0v) is 10.1. The summed E-state index contributed by atoms with van der Waals surface area (Å²) >= 11 is 0. The van der Waals surface area contributed by atoms with Crippen LogP contribution in [0.4, 0.5) is 11.9 Å². The lowest BCUT2D eigenvalue weighted by Gasteiger charge is -2.12. The van der Waals surface area contributed by atoms with Gasteiger partial charge in [-0.15, -0.1) is 0 Å². The molecule has 8 nitrogen and oxygen atoms in total. The van der Waals surface area contributed by atoms with E-state index < -0.39 is 0 Å². The summed E-state index contributed by atoms with van der Waals surface area (Å²) in [5, 5.41) is 0. The summed E-state index contributed by atoms with van der Waals surface area (Å²) in [5.41, 5.74) is 2.36. The molecule has 0 aliphatic carbocycles. The van der Waals surface area contributed by atoms with E-state index in [-0.39, 0.29) is 18.6 Å². The Labute approximate surface area is 104 Å². The number of nitrogen functional groups attached to an aromatic ring is 1. The minimum atomic E-state index is 0.179. The highest BCUT2D eigenvalue weighted by Gasteiger charge is 2.09. The molecule has 18 heavy (non-hydrogen) atoms. The number of nitrogens with two attached hydrogens (primary N) is 1. The summed E-state index contributed by atoms with van der Waals surface area (Å²) in [4.78, 5) is 13.9. The lowest BCUT2D eigenvalue weighted by Crippen LogP contribution is -2.18. The molecule has 0 fully saturated rings. The van der Waals surface area contributed by atoms with Gasteiger partial charge in [0.1, 0.15) is 12.4 Å². The Bertz CT molecular complexity index is 499. The van der Waals surface area contributed by atoms with Crippen LogP contribution < -0.4 is 20.9 Å². The number of hydrazine groups is 1. The smallest absolute Gasteiger partial charge is 0.323 e. The number of hydrogen-bond donors (Lipinski definition) is 2. The SMILES string of the molecule is CN(C)c1nc(NN)nc(OCc2ccco2)n1. The van der Waals surface area contributed by atoms with Crippen molar-refractivity contribution in [3.8, 4) is 6.01 Å². The van der Waals surface area contributed by atoms with Gasteiger partial charge in [-0.2, -0.15) is 15.0 Å². The summed E-state index contributed by atoms with van der Waals surface area (Å²) in [5.74, 6) is 6.66. The molecule has 0 saturated carbocycles. The van der Waals surface area contributed by atoms with E-state index in [1.165, 1.54) is 0 Å². The molecule has 0 radical (unpaired) electrons. The third kappa shape index (κ3) is 2.86. The quantitative estimate of drug-likeness (QED) is 0.580. The number of aromatic nitrogens is 3. The van der Waals surface area contributed by atoms with Gasteiger partial charge in [-0.1, -0.05) is 0 Å². The van der Waals surface area contributed by atoms with Crippen molar-refractivity contribution in [3.63, 3.8) is 0 Å². The van der Waals surface area contributed by atoms with Crippen LogP contribution in [0.2, 0.25) is 0 Å².